The maximum absolute atomic E-state index is 15.6. The average molecular weight is 1190 g/mol. The molecule has 19 rings (SSSR count). The second-order valence-corrected chi connectivity index (χ2v) is 25.8. The molecule has 4 heterocycles. The van der Waals surface area contributed by atoms with Crippen LogP contribution in [0.5, 0.6) is 0 Å². The second-order valence-electron chi connectivity index (χ2n) is 25.8. The van der Waals surface area contributed by atoms with E-state index < -0.39 is 0 Å². The summed E-state index contributed by atoms with van der Waals surface area (Å²) in [4.78, 5) is 30.5. The molecule has 0 saturated carbocycles. The number of fused-ring (bicyclic) bond motifs is 13. The SMILES string of the molecule is CC1(C)c2ccccc2-c2cc3c(cc21)c1ccc(-c2ccccc2)c2c4ccc(-c5ccc(-c6cc(-c7ccccc7)cc(-c7ccc8c(c7)c7cc(-c9cc(-c%10ccccc%10)cc(-c%10ccccc%10)c9)cc9c%10ccccc%10c(=O)n8c97)c6)cc5)cc4c(=O)n3c12. The van der Waals surface area contributed by atoms with E-state index in [9.17, 15) is 4.79 Å². The fourth-order valence-electron chi connectivity index (χ4n) is 15.8. The van der Waals surface area contributed by atoms with E-state index in [4.69, 9.17) is 0 Å². The number of aromatic nitrogens is 2. The summed E-state index contributed by atoms with van der Waals surface area (Å²) >= 11 is 0. The van der Waals surface area contributed by atoms with Gasteiger partial charge >= 0.3 is 0 Å². The maximum atomic E-state index is 15.6. The Bertz CT molecular complexity index is 6210. The highest BCUT2D eigenvalue weighted by Crippen LogP contribution is 2.52. The molecule has 0 fully saturated rings. The van der Waals surface area contributed by atoms with Crippen molar-refractivity contribution in [2.24, 2.45) is 0 Å². The van der Waals surface area contributed by atoms with Crippen LogP contribution >= 0.6 is 0 Å². The lowest BCUT2D eigenvalue weighted by Gasteiger charge is -2.21. The Hall–Kier alpha value is -12.0. The molecule has 4 nitrogen and oxygen atoms in total. The minimum absolute atomic E-state index is 0.0176. The van der Waals surface area contributed by atoms with E-state index in [-0.39, 0.29) is 16.5 Å². The minimum Gasteiger partial charge on any atom is -0.275 e. The molecule has 14 aromatic carbocycles. The third kappa shape index (κ3) is 7.98. The lowest BCUT2D eigenvalue weighted by atomic mass is 9.82. The summed E-state index contributed by atoms with van der Waals surface area (Å²) in [6, 6.07) is 109. The number of nitrogens with zero attached hydrogens (tertiary/aromatic N) is 2. The van der Waals surface area contributed by atoms with Crippen molar-refractivity contribution < 1.29 is 0 Å². The summed E-state index contributed by atoms with van der Waals surface area (Å²) in [6.45, 7) is 4.64. The van der Waals surface area contributed by atoms with Crippen molar-refractivity contribution in [1.82, 2.24) is 8.80 Å². The van der Waals surface area contributed by atoms with Crippen molar-refractivity contribution in [2.75, 3.05) is 0 Å². The Kier molecular flexibility index (Phi) is 11.4. The Morgan fingerprint density at radius 2 is 0.634 bits per heavy atom. The van der Waals surface area contributed by atoms with E-state index in [0.29, 0.717) is 10.8 Å². The van der Waals surface area contributed by atoms with Crippen molar-refractivity contribution in [2.45, 2.75) is 19.3 Å². The van der Waals surface area contributed by atoms with Crippen LogP contribution in [-0.4, -0.2) is 8.80 Å². The Balaban J connectivity index is 0.759. The van der Waals surface area contributed by atoms with E-state index in [1.807, 2.05) is 27.0 Å². The van der Waals surface area contributed by atoms with Crippen LogP contribution in [0.3, 0.4) is 0 Å². The first-order chi connectivity index (χ1) is 45.7. The molecule has 93 heavy (non-hydrogen) atoms. The van der Waals surface area contributed by atoms with Gasteiger partial charge in [-0.05, 0) is 207 Å². The Labute approximate surface area is 536 Å². The molecular formula is C89H56N2O2. The van der Waals surface area contributed by atoms with E-state index in [0.717, 1.165) is 154 Å². The molecular weight excluding hydrogens is 1130 g/mol. The quantitative estimate of drug-likeness (QED) is 0.142. The van der Waals surface area contributed by atoms with Gasteiger partial charge in [-0.25, -0.2) is 0 Å². The van der Waals surface area contributed by atoms with E-state index in [1.165, 1.54) is 22.3 Å². The fraction of sp³-hybridized carbons (Fsp3) is 0.0337. The van der Waals surface area contributed by atoms with Crippen molar-refractivity contribution in [3.05, 3.63) is 335 Å². The predicted molar refractivity (Wildman–Crippen MR) is 389 cm³/mol. The topological polar surface area (TPSA) is 43.0 Å². The molecule has 0 aliphatic heterocycles. The lowest BCUT2D eigenvalue weighted by Crippen LogP contribution is -2.15. The van der Waals surface area contributed by atoms with Gasteiger partial charge in [0.2, 0.25) is 0 Å². The summed E-state index contributed by atoms with van der Waals surface area (Å²) in [5, 5.41) is 9.62. The lowest BCUT2D eigenvalue weighted by molar-refractivity contribution is 0.661. The molecule has 434 valence electrons. The summed E-state index contributed by atoms with van der Waals surface area (Å²) < 4.78 is 3.96. The van der Waals surface area contributed by atoms with Crippen molar-refractivity contribution >= 4 is 75.9 Å². The smallest absolute Gasteiger partial charge is 0.263 e. The molecule has 4 heteroatoms. The average Bonchev–Trinajstić information content (AvgIpc) is 1.57. The zero-order chi connectivity index (χ0) is 61.8. The largest absolute Gasteiger partial charge is 0.275 e. The Morgan fingerprint density at radius 1 is 0.226 bits per heavy atom. The van der Waals surface area contributed by atoms with Crippen LogP contribution in [0.4, 0.5) is 0 Å². The van der Waals surface area contributed by atoms with Gasteiger partial charge in [0.15, 0.2) is 0 Å². The molecule has 1 aliphatic rings. The van der Waals surface area contributed by atoms with Gasteiger partial charge in [-0.15, -0.1) is 0 Å². The molecule has 0 bridgehead atoms. The van der Waals surface area contributed by atoms with Gasteiger partial charge in [0, 0.05) is 48.5 Å². The number of rotatable bonds is 8. The first-order valence-corrected chi connectivity index (χ1v) is 32.0. The molecule has 4 aromatic heterocycles. The van der Waals surface area contributed by atoms with E-state index in [2.05, 4.69) is 299 Å². The summed E-state index contributed by atoms with van der Waals surface area (Å²) in [7, 11) is 0. The molecule has 0 N–H and O–H groups in total. The third-order valence-electron chi connectivity index (χ3n) is 20.4. The van der Waals surface area contributed by atoms with Gasteiger partial charge in [-0.3, -0.25) is 18.4 Å². The minimum atomic E-state index is -0.184. The highest BCUT2D eigenvalue weighted by Gasteiger charge is 2.36. The number of hydrogen-bond donors (Lipinski definition) is 0. The van der Waals surface area contributed by atoms with Crippen molar-refractivity contribution in [3.8, 4) is 100 Å². The zero-order valence-corrected chi connectivity index (χ0v) is 51.1. The molecule has 0 unspecified atom stereocenters. The molecule has 0 radical (unpaired) electrons. The fourth-order valence-corrected chi connectivity index (χ4v) is 15.8. The summed E-state index contributed by atoms with van der Waals surface area (Å²) in [5.74, 6) is 0. The zero-order valence-electron chi connectivity index (χ0n) is 51.1. The van der Waals surface area contributed by atoms with Gasteiger partial charge in [0.05, 0.1) is 22.1 Å². The van der Waals surface area contributed by atoms with E-state index >= 15 is 4.79 Å². The number of pyridine rings is 2. The summed E-state index contributed by atoms with van der Waals surface area (Å²) in [5.41, 5.74) is 26.0. The van der Waals surface area contributed by atoms with Crippen LogP contribution in [0.2, 0.25) is 0 Å². The molecule has 1 aliphatic carbocycles. The third-order valence-corrected chi connectivity index (χ3v) is 20.4. The van der Waals surface area contributed by atoms with E-state index in [1.54, 1.807) is 0 Å². The van der Waals surface area contributed by atoms with Gasteiger partial charge in [0.25, 0.3) is 11.1 Å². The van der Waals surface area contributed by atoms with Crippen LogP contribution in [0.15, 0.2) is 313 Å². The number of benzene rings is 14. The van der Waals surface area contributed by atoms with Crippen LogP contribution in [0, 0.1) is 0 Å². The van der Waals surface area contributed by atoms with Gasteiger partial charge in [0.1, 0.15) is 0 Å². The highest BCUT2D eigenvalue weighted by atomic mass is 16.1. The van der Waals surface area contributed by atoms with Gasteiger partial charge in [-0.1, -0.05) is 232 Å². The van der Waals surface area contributed by atoms with Gasteiger partial charge < -0.3 is 0 Å². The number of hydrogen-bond acceptors (Lipinski definition) is 2. The monoisotopic (exact) mass is 1180 g/mol. The predicted octanol–water partition coefficient (Wildman–Crippen LogP) is 22.3. The molecule has 18 aromatic rings. The van der Waals surface area contributed by atoms with Crippen molar-refractivity contribution in [1.29, 1.82) is 0 Å². The van der Waals surface area contributed by atoms with Gasteiger partial charge in [-0.2, -0.15) is 0 Å². The Morgan fingerprint density at radius 3 is 1.26 bits per heavy atom. The normalized spacial score (nSPS) is 12.8. The molecule has 0 amide bonds. The first kappa shape index (κ1) is 52.9. The van der Waals surface area contributed by atoms with Crippen LogP contribution in [0.25, 0.3) is 176 Å². The van der Waals surface area contributed by atoms with Crippen molar-refractivity contribution in [3.63, 3.8) is 0 Å². The standard InChI is InChI=1S/C89H56N2O2/c1-89(2)80-30-18-17-28-70(80)74-52-83-76(51-81(74)89)72-39-38-68(58-25-13-6-14-26-58)84-71-37-35-59(48-79(71)88(93)91(83)86(72)84)56-31-33-57(34-32-56)64-42-61(53-19-7-3-8-20-53)43-65(44-64)60-36-40-82-75(47-60)78-50-67(49-77-69-27-15-16-29-73(69)87(92)90(82)85(77)78)66-45-62(54-21-9-4-10-22-54)41-63(46-66)55-23-11-5-12-24-55/h3-52H,1-2H3. The molecule has 0 spiro atoms. The molecule has 0 saturated heterocycles. The molecule has 0 atom stereocenters. The maximum Gasteiger partial charge on any atom is 0.263 e. The highest BCUT2D eigenvalue weighted by molar-refractivity contribution is 6.26. The summed E-state index contributed by atoms with van der Waals surface area (Å²) in [6.07, 6.45) is 0. The second kappa shape index (κ2) is 20.0. The first-order valence-electron chi connectivity index (χ1n) is 32.0. The van der Waals surface area contributed by atoms with Crippen LogP contribution in [-0.2, 0) is 5.41 Å². The van der Waals surface area contributed by atoms with Crippen LogP contribution < -0.4 is 11.1 Å². The van der Waals surface area contributed by atoms with Crippen LogP contribution in [0.1, 0.15) is 25.0 Å².